The number of nitrogens with one attached hydrogen (secondary N) is 1. The van der Waals surface area contributed by atoms with Crippen LogP contribution >= 0.6 is 0 Å². The van der Waals surface area contributed by atoms with Crippen LogP contribution in [0.15, 0.2) is 60.7 Å². The standard InChI is InChI=1S/C23H22N4O4/c1-29-17-6-4-5-15(11-17)14-27-21-9-7-16(12-19(21)25-26-27)23(28)24-20-13-18(30-2)8-10-22(20)31-3/h4-13H,14H2,1-3H3,(H,24,28). The van der Waals surface area contributed by atoms with E-state index in [1.165, 1.54) is 0 Å². The number of amides is 1. The van der Waals surface area contributed by atoms with E-state index in [1.807, 2.05) is 30.3 Å². The topological polar surface area (TPSA) is 87.5 Å². The third kappa shape index (κ3) is 4.28. The number of rotatable bonds is 7. The van der Waals surface area contributed by atoms with E-state index in [0.29, 0.717) is 34.8 Å². The summed E-state index contributed by atoms with van der Waals surface area (Å²) >= 11 is 0. The molecule has 0 saturated carbocycles. The first-order chi connectivity index (χ1) is 15.1. The maximum atomic E-state index is 12.8. The van der Waals surface area contributed by atoms with E-state index in [4.69, 9.17) is 14.2 Å². The van der Waals surface area contributed by atoms with Gasteiger partial charge in [-0.3, -0.25) is 4.79 Å². The number of fused-ring (bicyclic) bond motifs is 1. The Morgan fingerprint density at radius 3 is 2.52 bits per heavy atom. The molecule has 0 unspecified atom stereocenters. The first kappa shape index (κ1) is 20.2. The Morgan fingerprint density at radius 1 is 0.935 bits per heavy atom. The van der Waals surface area contributed by atoms with Crippen LogP contribution in [0.5, 0.6) is 17.2 Å². The molecule has 0 radical (unpaired) electrons. The lowest BCUT2D eigenvalue weighted by molar-refractivity contribution is 0.102. The zero-order valence-corrected chi connectivity index (χ0v) is 17.5. The number of aromatic nitrogens is 3. The second-order valence-electron chi connectivity index (χ2n) is 6.82. The van der Waals surface area contributed by atoms with Gasteiger partial charge in [0.05, 0.1) is 39.1 Å². The molecule has 4 rings (SSSR count). The van der Waals surface area contributed by atoms with Gasteiger partial charge < -0.3 is 19.5 Å². The highest BCUT2D eigenvalue weighted by Gasteiger charge is 2.14. The summed E-state index contributed by atoms with van der Waals surface area (Å²) in [7, 11) is 4.75. The van der Waals surface area contributed by atoms with Gasteiger partial charge in [-0.2, -0.15) is 0 Å². The van der Waals surface area contributed by atoms with Crippen LogP contribution < -0.4 is 19.5 Å². The zero-order valence-electron chi connectivity index (χ0n) is 17.5. The molecule has 8 nitrogen and oxygen atoms in total. The van der Waals surface area contributed by atoms with Crippen molar-refractivity contribution >= 4 is 22.6 Å². The van der Waals surface area contributed by atoms with Gasteiger partial charge in [0.1, 0.15) is 22.8 Å². The lowest BCUT2D eigenvalue weighted by Crippen LogP contribution is -2.12. The summed E-state index contributed by atoms with van der Waals surface area (Å²) < 4.78 is 17.6. The van der Waals surface area contributed by atoms with Gasteiger partial charge in [0, 0.05) is 11.6 Å². The molecule has 8 heteroatoms. The largest absolute Gasteiger partial charge is 0.497 e. The number of ether oxygens (including phenoxy) is 3. The molecule has 31 heavy (non-hydrogen) atoms. The highest BCUT2D eigenvalue weighted by Crippen LogP contribution is 2.29. The first-order valence-corrected chi connectivity index (χ1v) is 9.61. The van der Waals surface area contributed by atoms with Gasteiger partial charge in [-0.25, -0.2) is 4.68 Å². The molecule has 4 aromatic rings. The molecule has 0 aliphatic rings. The van der Waals surface area contributed by atoms with E-state index in [0.717, 1.165) is 16.8 Å². The Labute approximate surface area is 179 Å². The molecule has 0 spiro atoms. The van der Waals surface area contributed by atoms with Crippen molar-refractivity contribution in [3.63, 3.8) is 0 Å². The third-order valence-electron chi connectivity index (χ3n) is 4.90. The van der Waals surface area contributed by atoms with Crippen molar-refractivity contribution in [3.8, 4) is 17.2 Å². The van der Waals surface area contributed by atoms with Gasteiger partial charge >= 0.3 is 0 Å². The number of nitrogens with zero attached hydrogens (tertiary/aromatic N) is 3. The number of carbonyl (C=O) groups excluding carboxylic acids is 1. The minimum Gasteiger partial charge on any atom is -0.497 e. The van der Waals surface area contributed by atoms with Crippen LogP contribution in [-0.2, 0) is 6.54 Å². The van der Waals surface area contributed by atoms with E-state index >= 15 is 0 Å². The molecule has 158 valence electrons. The van der Waals surface area contributed by atoms with Crippen molar-refractivity contribution in [1.82, 2.24) is 15.0 Å². The van der Waals surface area contributed by atoms with Crippen molar-refractivity contribution in [1.29, 1.82) is 0 Å². The highest BCUT2D eigenvalue weighted by atomic mass is 16.5. The predicted octanol–water partition coefficient (Wildman–Crippen LogP) is 3.76. The number of hydrogen-bond acceptors (Lipinski definition) is 6. The zero-order chi connectivity index (χ0) is 21.8. The molecule has 1 N–H and O–H groups in total. The van der Waals surface area contributed by atoms with Crippen LogP contribution in [0.3, 0.4) is 0 Å². The molecule has 1 heterocycles. The second kappa shape index (κ2) is 8.74. The summed E-state index contributed by atoms with van der Waals surface area (Å²) in [5.74, 6) is 1.66. The Balaban J connectivity index is 1.57. The molecular weight excluding hydrogens is 396 g/mol. The number of hydrogen-bond donors (Lipinski definition) is 1. The summed E-state index contributed by atoms with van der Waals surface area (Å²) in [4.78, 5) is 12.8. The van der Waals surface area contributed by atoms with Gasteiger partial charge in [-0.1, -0.05) is 17.3 Å². The monoisotopic (exact) mass is 418 g/mol. The second-order valence-corrected chi connectivity index (χ2v) is 6.82. The minimum absolute atomic E-state index is 0.282. The number of carbonyl (C=O) groups is 1. The SMILES string of the molecule is COc1cccc(Cn2nnc3cc(C(=O)Nc4cc(OC)ccc4OC)ccc32)c1. The van der Waals surface area contributed by atoms with E-state index in [9.17, 15) is 4.79 Å². The maximum absolute atomic E-state index is 12.8. The fourth-order valence-corrected chi connectivity index (χ4v) is 3.28. The van der Waals surface area contributed by atoms with Gasteiger partial charge in [-0.15, -0.1) is 5.10 Å². The highest BCUT2D eigenvalue weighted by molar-refractivity contribution is 6.06. The molecule has 0 aliphatic heterocycles. The quantitative estimate of drug-likeness (QED) is 0.492. The molecule has 0 fully saturated rings. The molecular formula is C23H22N4O4. The first-order valence-electron chi connectivity index (χ1n) is 9.61. The Bertz CT molecular complexity index is 1240. The molecule has 0 saturated heterocycles. The molecule has 0 bridgehead atoms. The van der Waals surface area contributed by atoms with Gasteiger partial charge in [0.2, 0.25) is 0 Å². The van der Waals surface area contributed by atoms with Crippen molar-refractivity contribution < 1.29 is 19.0 Å². The fraction of sp³-hybridized carbons (Fsp3) is 0.174. The van der Waals surface area contributed by atoms with Crippen molar-refractivity contribution in [2.75, 3.05) is 26.6 Å². The summed E-state index contributed by atoms with van der Waals surface area (Å²) in [6.45, 7) is 0.542. The minimum atomic E-state index is -0.282. The lowest BCUT2D eigenvalue weighted by Gasteiger charge is -2.12. The number of benzene rings is 3. The summed E-state index contributed by atoms with van der Waals surface area (Å²) in [6, 6.07) is 18.3. The van der Waals surface area contributed by atoms with Crippen LogP contribution in [0.1, 0.15) is 15.9 Å². The van der Waals surface area contributed by atoms with Crippen molar-refractivity contribution in [3.05, 3.63) is 71.8 Å². The molecule has 0 atom stereocenters. The van der Waals surface area contributed by atoms with Crippen LogP contribution in [-0.4, -0.2) is 42.2 Å². The van der Waals surface area contributed by atoms with E-state index in [1.54, 1.807) is 56.3 Å². The van der Waals surface area contributed by atoms with Crippen LogP contribution in [0, 0.1) is 0 Å². The average molecular weight is 418 g/mol. The maximum Gasteiger partial charge on any atom is 0.255 e. The average Bonchev–Trinajstić information content (AvgIpc) is 3.21. The summed E-state index contributed by atoms with van der Waals surface area (Å²) in [5.41, 5.74) is 3.49. The van der Waals surface area contributed by atoms with E-state index < -0.39 is 0 Å². The van der Waals surface area contributed by atoms with Crippen LogP contribution in [0.2, 0.25) is 0 Å². The Hall–Kier alpha value is -4.07. The fourth-order valence-electron chi connectivity index (χ4n) is 3.28. The van der Waals surface area contributed by atoms with Crippen LogP contribution in [0.4, 0.5) is 5.69 Å². The summed E-state index contributed by atoms with van der Waals surface area (Å²) in [5, 5.41) is 11.3. The number of anilines is 1. The molecule has 0 aliphatic carbocycles. The smallest absolute Gasteiger partial charge is 0.255 e. The lowest BCUT2D eigenvalue weighted by atomic mass is 10.1. The third-order valence-corrected chi connectivity index (χ3v) is 4.90. The molecule has 1 aromatic heterocycles. The predicted molar refractivity (Wildman–Crippen MR) is 117 cm³/mol. The van der Waals surface area contributed by atoms with Crippen molar-refractivity contribution in [2.24, 2.45) is 0 Å². The Morgan fingerprint density at radius 2 is 1.74 bits per heavy atom. The van der Waals surface area contributed by atoms with E-state index in [2.05, 4.69) is 15.6 Å². The van der Waals surface area contributed by atoms with E-state index in [-0.39, 0.29) is 5.91 Å². The normalized spacial score (nSPS) is 10.7. The van der Waals surface area contributed by atoms with Gasteiger partial charge in [0.25, 0.3) is 5.91 Å². The summed E-state index contributed by atoms with van der Waals surface area (Å²) in [6.07, 6.45) is 0. The van der Waals surface area contributed by atoms with Crippen LogP contribution in [0.25, 0.3) is 11.0 Å². The number of methoxy groups -OCH3 is 3. The van der Waals surface area contributed by atoms with Crippen molar-refractivity contribution in [2.45, 2.75) is 6.54 Å². The Kier molecular flexibility index (Phi) is 5.70. The molecule has 1 amide bonds. The van der Waals surface area contributed by atoms with Gasteiger partial charge in [-0.05, 0) is 48.0 Å². The van der Waals surface area contributed by atoms with Gasteiger partial charge in [0.15, 0.2) is 0 Å². The molecule has 3 aromatic carbocycles.